The summed E-state index contributed by atoms with van der Waals surface area (Å²) in [6.45, 7) is 0. The molecule has 6 nitrogen and oxygen atoms in total. The van der Waals surface area contributed by atoms with E-state index in [4.69, 9.17) is 15.3 Å². The van der Waals surface area contributed by atoms with Gasteiger partial charge in [0.1, 0.15) is 9.75 Å². The molecule has 0 fully saturated rings. The van der Waals surface area contributed by atoms with Crippen molar-refractivity contribution in [3.05, 3.63) is 15.3 Å². The van der Waals surface area contributed by atoms with Crippen LogP contribution in [0.25, 0.3) is 0 Å². The summed E-state index contributed by atoms with van der Waals surface area (Å²) in [6.07, 6.45) is 0. The van der Waals surface area contributed by atoms with Gasteiger partial charge in [-0.2, -0.15) is 0 Å². The molecule has 0 saturated heterocycles. The van der Waals surface area contributed by atoms with Crippen LogP contribution in [0.2, 0.25) is 0 Å². The third-order valence-corrected chi connectivity index (χ3v) is 3.25. The van der Waals surface area contributed by atoms with Gasteiger partial charge in [0.25, 0.3) is 0 Å². The highest BCUT2D eigenvalue weighted by Crippen LogP contribution is 2.31. The summed E-state index contributed by atoms with van der Waals surface area (Å²) in [4.78, 5) is 30.7. The molecule has 1 rings (SSSR count). The molecule has 0 aliphatic carbocycles. The van der Waals surface area contributed by atoms with Crippen LogP contribution in [0.4, 0.5) is 0 Å². The van der Waals surface area contributed by atoms with Crippen molar-refractivity contribution in [1.29, 1.82) is 0 Å². The lowest BCUT2D eigenvalue weighted by molar-refractivity contribution is 0.0652. The normalized spacial score (nSPS) is 9.93. The second-order valence-electron chi connectivity index (χ2n) is 2.40. The number of thiophene rings is 1. The zero-order valence-electron chi connectivity index (χ0n) is 6.92. The van der Waals surface area contributed by atoms with Crippen LogP contribution in [-0.4, -0.2) is 33.2 Å². The van der Waals surface area contributed by atoms with Gasteiger partial charge in [0.2, 0.25) is 0 Å². The SMILES string of the molecule is O=C(O)c1sc(C(=O)O)c(C(=O)O)c1S. The molecule has 0 bridgehead atoms. The number of carbonyl (C=O) groups is 3. The van der Waals surface area contributed by atoms with Crippen molar-refractivity contribution in [1.82, 2.24) is 0 Å². The highest BCUT2D eigenvalue weighted by atomic mass is 32.1. The fourth-order valence-corrected chi connectivity index (χ4v) is 2.30. The molecule has 80 valence electrons. The molecule has 0 saturated carbocycles. The molecule has 0 unspecified atom stereocenters. The van der Waals surface area contributed by atoms with Crippen LogP contribution in [0.3, 0.4) is 0 Å². The number of hydrogen-bond donors (Lipinski definition) is 4. The van der Waals surface area contributed by atoms with E-state index < -0.39 is 33.2 Å². The van der Waals surface area contributed by atoms with Gasteiger partial charge in [-0.3, -0.25) is 0 Å². The molecular formula is C7H4O6S2. The van der Waals surface area contributed by atoms with E-state index in [1.807, 2.05) is 0 Å². The van der Waals surface area contributed by atoms with Crippen LogP contribution in [-0.2, 0) is 0 Å². The maximum Gasteiger partial charge on any atom is 0.347 e. The van der Waals surface area contributed by atoms with Gasteiger partial charge in [-0.25, -0.2) is 14.4 Å². The Hall–Kier alpha value is -1.54. The number of carboxylic acid groups (broad SMARTS) is 3. The summed E-state index contributed by atoms with van der Waals surface area (Å²) in [6, 6.07) is 0. The van der Waals surface area contributed by atoms with Crippen LogP contribution in [0, 0.1) is 0 Å². The van der Waals surface area contributed by atoms with E-state index in [1.54, 1.807) is 0 Å². The highest BCUT2D eigenvalue weighted by molar-refractivity contribution is 7.80. The molecule has 15 heavy (non-hydrogen) atoms. The Morgan fingerprint density at radius 1 is 0.933 bits per heavy atom. The first-order chi connectivity index (χ1) is 6.86. The van der Waals surface area contributed by atoms with Crippen molar-refractivity contribution in [3.8, 4) is 0 Å². The molecule has 3 N–H and O–H groups in total. The minimum atomic E-state index is -1.51. The van der Waals surface area contributed by atoms with Gasteiger partial charge in [-0.15, -0.1) is 24.0 Å². The minimum absolute atomic E-state index is 0.336. The molecule has 1 aromatic heterocycles. The first kappa shape index (κ1) is 11.5. The van der Waals surface area contributed by atoms with Crippen LogP contribution in [0.15, 0.2) is 4.90 Å². The van der Waals surface area contributed by atoms with E-state index in [0.29, 0.717) is 11.3 Å². The second kappa shape index (κ2) is 3.91. The van der Waals surface area contributed by atoms with Crippen molar-refractivity contribution in [2.24, 2.45) is 0 Å². The fourth-order valence-electron chi connectivity index (χ4n) is 0.916. The maximum atomic E-state index is 10.7. The number of thiol groups is 1. The molecule has 0 radical (unpaired) electrons. The predicted octanol–water partition coefficient (Wildman–Crippen LogP) is 1.13. The lowest BCUT2D eigenvalue weighted by Gasteiger charge is -1.93. The average Bonchev–Trinajstić information content (AvgIpc) is 2.42. The topological polar surface area (TPSA) is 112 Å². The molecule has 0 aromatic carbocycles. The average molecular weight is 248 g/mol. The van der Waals surface area contributed by atoms with Gasteiger partial charge in [0, 0.05) is 4.90 Å². The summed E-state index contributed by atoms with van der Waals surface area (Å²) in [5, 5.41) is 26.0. The van der Waals surface area contributed by atoms with Crippen LogP contribution in [0.1, 0.15) is 29.7 Å². The minimum Gasteiger partial charge on any atom is -0.478 e. The van der Waals surface area contributed by atoms with E-state index in [-0.39, 0.29) is 4.90 Å². The smallest absolute Gasteiger partial charge is 0.347 e. The first-order valence-electron chi connectivity index (χ1n) is 3.42. The fraction of sp³-hybridized carbons (Fsp3) is 0. The van der Waals surface area contributed by atoms with Gasteiger partial charge in [-0.1, -0.05) is 0 Å². The number of aromatic carboxylic acids is 3. The number of rotatable bonds is 3. The molecule has 0 atom stereocenters. The Morgan fingerprint density at radius 3 is 1.67 bits per heavy atom. The standard InChI is InChI=1S/C7H4O6S2/c8-5(9)1-2(14)4(7(12)13)15-3(1)6(10)11/h14H,(H,8,9)(H,10,11)(H,12,13). The van der Waals surface area contributed by atoms with Gasteiger partial charge in [0.05, 0.1) is 5.56 Å². The van der Waals surface area contributed by atoms with Gasteiger partial charge in [0.15, 0.2) is 0 Å². The third-order valence-electron chi connectivity index (χ3n) is 1.49. The second-order valence-corrected chi connectivity index (χ2v) is 3.87. The molecule has 0 spiro atoms. The van der Waals surface area contributed by atoms with E-state index in [2.05, 4.69) is 12.6 Å². The van der Waals surface area contributed by atoms with Crippen LogP contribution in [0.5, 0.6) is 0 Å². The summed E-state index contributed by atoms with van der Waals surface area (Å²) >= 11 is 4.07. The molecule has 1 aromatic rings. The van der Waals surface area contributed by atoms with Gasteiger partial charge >= 0.3 is 17.9 Å². The summed E-state index contributed by atoms with van der Waals surface area (Å²) in [5.74, 6) is -4.40. The van der Waals surface area contributed by atoms with Crippen molar-refractivity contribution < 1.29 is 29.7 Å². The predicted molar refractivity (Wildman–Crippen MR) is 52.4 cm³/mol. The van der Waals surface area contributed by atoms with Gasteiger partial charge < -0.3 is 15.3 Å². The molecule has 1 heterocycles. The first-order valence-corrected chi connectivity index (χ1v) is 4.68. The van der Waals surface area contributed by atoms with Crippen molar-refractivity contribution in [2.75, 3.05) is 0 Å². The molecular weight excluding hydrogens is 244 g/mol. The number of carboxylic acids is 3. The van der Waals surface area contributed by atoms with Crippen LogP contribution < -0.4 is 0 Å². The van der Waals surface area contributed by atoms with Crippen molar-refractivity contribution in [2.45, 2.75) is 4.90 Å². The zero-order valence-corrected chi connectivity index (χ0v) is 8.63. The molecule has 0 aliphatic rings. The highest BCUT2D eigenvalue weighted by Gasteiger charge is 2.28. The Balaban J connectivity index is 3.53. The summed E-state index contributed by atoms with van der Waals surface area (Å²) in [5.41, 5.74) is -0.590. The summed E-state index contributed by atoms with van der Waals surface area (Å²) in [7, 11) is 0. The molecule has 0 amide bonds. The quantitative estimate of drug-likeness (QED) is 0.596. The Bertz CT molecular complexity index is 460. The summed E-state index contributed by atoms with van der Waals surface area (Å²) < 4.78 is 0. The van der Waals surface area contributed by atoms with Crippen molar-refractivity contribution >= 4 is 41.9 Å². The monoisotopic (exact) mass is 248 g/mol. The van der Waals surface area contributed by atoms with E-state index >= 15 is 0 Å². The van der Waals surface area contributed by atoms with Gasteiger partial charge in [-0.05, 0) is 0 Å². The number of hydrogen-bond acceptors (Lipinski definition) is 5. The lowest BCUT2D eigenvalue weighted by Crippen LogP contribution is -2.04. The zero-order chi connectivity index (χ0) is 11.7. The third kappa shape index (κ3) is 1.95. The molecule has 0 aliphatic heterocycles. The Labute approximate surface area is 92.2 Å². The maximum absolute atomic E-state index is 10.7. The lowest BCUT2D eigenvalue weighted by atomic mass is 10.2. The Kier molecular flexibility index (Phi) is 3.01. The van der Waals surface area contributed by atoms with E-state index in [9.17, 15) is 14.4 Å². The van der Waals surface area contributed by atoms with Crippen LogP contribution >= 0.6 is 24.0 Å². The van der Waals surface area contributed by atoms with E-state index in [0.717, 1.165) is 0 Å². The largest absolute Gasteiger partial charge is 0.478 e. The van der Waals surface area contributed by atoms with E-state index in [1.165, 1.54) is 0 Å². The molecule has 8 heteroatoms. The van der Waals surface area contributed by atoms with Crippen molar-refractivity contribution in [3.63, 3.8) is 0 Å². The Morgan fingerprint density at radius 2 is 1.40 bits per heavy atom.